The van der Waals surface area contributed by atoms with Crippen LogP contribution in [0.3, 0.4) is 0 Å². The maximum absolute atomic E-state index is 12.6. The summed E-state index contributed by atoms with van der Waals surface area (Å²) in [6.07, 6.45) is 15.7. The fraction of sp³-hybridized carbons (Fsp3) is 0.485. The van der Waals surface area contributed by atoms with Crippen molar-refractivity contribution in [3.05, 3.63) is 94.6 Å². The van der Waals surface area contributed by atoms with Crippen molar-refractivity contribution in [2.45, 2.75) is 93.0 Å². The largest absolute Gasteiger partial charge is 0.348 e. The molecule has 2 heteroatoms. The second-order valence-electron chi connectivity index (χ2n) is 11.8. The van der Waals surface area contributed by atoms with Gasteiger partial charge in [0.2, 0.25) is 5.91 Å². The summed E-state index contributed by atoms with van der Waals surface area (Å²) in [5.41, 5.74) is 6.38. The third-order valence-electron chi connectivity index (χ3n) is 7.33. The van der Waals surface area contributed by atoms with Gasteiger partial charge in [-0.25, -0.2) is 0 Å². The zero-order valence-corrected chi connectivity index (χ0v) is 23.5. The topological polar surface area (TPSA) is 29.1 Å². The fourth-order valence-corrected chi connectivity index (χ4v) is 5.05. The van der Waals surface area contributed by atoms with Gasteiger partial charge in [0.25, 0.3) is 0 Å². The van der Waals surface area contributed by atoms with E-state index in [1.165, 1.54) is 35.1 Å². The van der Waals surface area contributed by atoms with Crippen LogP contribution in [0.5, 0.6) is 0 Å². The second-order valence-corrected chi connectivity index (χ2v) is 11.8. The molecule has 1 aromatic rings. The van der Waals surface area contributed by atoms with Crippen LogP contribution in [0.25, 0.3) is 0 Å². The molecule has 2 unspecified atom stereocenters. The number of hydrogen-bond acceptors (Lipinski definition) is 1. The molecule has 0 aliphatic heterocycles. The van der Waals surface area contributed by atoms with Crippen LogP contribution >= 0.6 is 0 Å². The van der Waals surface area contributed by atoms with Gasteiger partial charge in [-0.15, -0.1) is 0 Å². The SMILES string of the molecule is CC1=C(/C=C/C(C)=C/C=C/C(C)=C\C(=O)NC(C)(C)CC(C)c2ccccc2)C(C)(C)CCC1C. The summed E-state index contributed by atoms with van der Waals surface area (Å²) in [5, 5.41) is 3.18. The van der Waals surface area contributed by atoms with Gasteiger partial charge in [-0.2, -0.15) is 0 Å². The number of rotatable bonds is 9. The minimum Gasteiger partial charge on any atom is -0.348 e. The lowest BCUT2D eigenvalue weighted by Gasteiger charge is -2.36. The van der Waals surface area contributed by atoms with Crippen molar-refractivity contribution >= 4 is 5.91 Å². The quantitative estimate of drug-likeness (QED) is 0.282. The molecular formula is C33H47NO. The summed E-state index contributed by atoms with van der Waals surface area (Å²) in [6.45, 7) is 19.8. The molecule has 0 radical (unpaired) electrons. The maximum atomic E-state index is 12.6. The zero-order chi connectivity index (χ0) is 26.2. The van der Waals surface area contributed by atoms with E-state index in [0.29, 0.717) is 11.8 Å². The van der Waals surface area contributed by atoms with Gasteiger partial charge in [0, 0.05) is 11.6 Å². The first-order valence-corrected chi connectivity index (χ1v) is 13.1. The molecule has 0 fully saturated rings. The number of amides is 1. The van der Waals surface area contributed by atoms with Crippen LogP contribution in [-0.4, -0.2) is 11.4 Å². The van der Waals surface area contributed by atoms with Gasteiger partial charge in [-0.1, -0.05) is 99.6 Å². The van der Waals surface area contributed by atoms with E-state index in [1.807, 2.05) is 25.1 Å². The lowest BCUT2D eigenvalue weighted by Crippen LogP contribution is -2.43. The molecule has 0 saturated heterocycles. The molecule has 190 valence electrons. The number of nitrogens with one attached hydrogen (secondary N) is 1. The first-order chi connectivity index (χ1) is 16.3. The van der Waals surface area contributed by atoms with Crippen molar-refractivity contribution in [2.24, 2.45) is 11.3 Å². The van der Waals surface area contributed by atoms with Crippen molar-refractivity contribution < 1.29 is 4.79 Å². The summed E-state index contributed by atoms with van der Waals surface area (Å²) in [4.78, 5) is 12.6. The van der Waals surface area contributed by atoms with Crippen molar-refractivity contribution in [3.63, 3.8) is 0 Å². The molecule has 1 amide bonds. The van der Waals surface area contributed by atoms with Gasteiger partial charge < -0.3 is 5.32 Å². The molecule has 1 aliphatic rings. The highest BCUT2D eigenvalue weighted by Gasteiger charge is 2.29. The van der Waals surface area contributed by atoms with Gasteiger partial charge in [0.1, 0.15) is 0 Å². The Balaban J connectivity index is 1.96. The summed E-state index contributed by atoms with van der Waals surface area (Å²) in [5.74, 6) is 0.992. The van der Waals surface area contributed by atoms with Gasteiger partial charge in [-0.05, 0) is 87.8 Å². The van der Waals surface area contributed by atoms with E-state index in [4.69, 9.17) is 0 Å². The molecule has 1 aromatic carbocycles. The summed E-state index contributed by atoms with van der Waals surface area (Å²) in [6, 6.07) is 10.5. The summed E-state index contributed by atoms with van der Waals surface area (Å²) >= 11 is 0. The molecular weight excluding hydrogens is 426 g/mol. The van der Waals surface area contributed by atoms with E-state index in [1.54, 1.807) is 6.08 Å². The van der Waals surface area contributed by atoms with Gasteiger partial charge in [0.05, 0.1) is 0 Å². The number of allylic oxidation sites excluding steroid dienone is 9. The molecule has 2 nitrogen and oxygen atoms in total. The van der Waals surface area contributed by atoms with Gasteiger partial charge in [0.15, 0.2) is 0 Å². The molecule has 0 spiro atoms. The molecule has 0 saturated carbocycles. The molecule has 0 heterocycles. The van der Waals surface area contributed by atoms with E-state index >= 15 is 0 Å². The van der Waals surface area contributed by atoms with Crippen molar-refractivity contribution in [1.29, 1.82) is 0 Å². The molecule has 35 heavy (non-hydrogen) atoms. The Hall–Kier alpha value is -2.61. The average molecular weight is 474 g/mol. The van der Waals surface area contributed by atoms with E-state index in [-0.39, 0.29) is 16.9 Å². The van der Waals surface area contributed by atoms with Crippen LogP contribution in [0.4, 0.5) is 0 Å². The average Bonchev–Trinajstić information content (AvgIpc) is 2.76. The smallest absolute Gasteiger partial charge is 0.244 e. The third-order valence-corrected chi connectivity index (χ3v) is 7.33. The maximum Gasteiger partial charge on any atom is 0.244 e. The Labute approximate surface area is 215 Å². The van der Waals surface area contributed by atoms with E-state index < -0.39 is 0 Å². The fourth-order valence-electron chi connectivity index (χ4n) is 5.05. The molecule has 1 N–H and O–H groups in total. The van der Waals surface area contributed by atoms with E-state index in [2.05, 4.69) is 103 Å². The summed E-state index contributed by atoms with van der Waals surface area (Å²) in [7, 11) is 0. The normalized spacial score (nSPS) is 20.5. The summed E-state index contributed by atoms with van der Waals surface area (Å²) < 4.78 is 0. The minimum absolute atomic E-state index is 0.0472. The van der Waals surface area contributed by atoms with Crippen LogP contribution in [0, 0.1) is 11.3 Å². The standard InChI is InChI=1S/C33H47NO/c1-24(18-19-30-28(5)26(3)20-21-32(30,6)7)14-13-15-25(2)22-31(35)34-33(8,9)23-27(4)29-16-11-10-12-17-29/h10-19,22,26-27H,20-21,23H2,1-9H3,(H,34,35)/b15-13+,19-18+,24-14+,25-22-. The number of benzene rings is 1. The number of hydrogen-bond donors (Lipinski definition) is 1. The van der Waals surface area contributed by atoms with Crippen LogP contribution in [0.1, 0.15) is 93.1 Å². The zero-order valence-electron chi connectivity index (χ0n) is 23.5. The van der Waals surface area contributed by atoms with Gasteiger partial charge >= 0.3 is 0 Å². The van der Waals surface area contributed by atoms with Crippen molar-refractivity contribution in [3.8, 4) is 0 Å². The Morgan fingerprint density at radius 3 is 2.46 bits per heavy atom. The van der Waals surface area contributed by atoms with Gasteiger partial charge in [-0.3, -0.25) is 4.79 Å². The predicted molar refractivity (Wildman–Crippen MR) is 152 cm³/mol. The molecule has 2 rings (SSSR count). The third kappa shape index (κ3) is 9.17. The monoisotopic (exact) mass is 473 g/mol. The van der Waals surface area contributed by atoms with Crippen molar-refractivity contribution in [2.75, 3.05) is 0 Å². The Morgan fingerprint density at radius 1 is 1.14 bits per heavy atom. The van der Waals surface area contributed by atoms with Crippen molar-refractivity contribution in [1.82, 2.24) is 5.32 Å². The molecule has 0 aromatic heterocycles. The number of carbonyl (C=O) groups is 1. The highest BCUT2D eigenvalue weighted by atomic mass is 16.1. The molecule has 0 bridgehead atoms. The minimum atomic E-state index is -0.286. The molecule has 1 aliphatic carbocycles. The predicted octanol–water partition coefficient (Wildman–Crippen LogP) is 8.85. The highest BCUT2D eigenvalue weighted by molar-refractivity contribution is 5.89. The Kier molecular flexibility index (Phi) is 10.1. The lowest BCUT2D eigenvalue weighted by atomic mass is 9.69. The van der Waals surface area contributed by atoms with Crippen LogP contribution in [-0.2, 0) is 4.79 Å². The Morgan fingerprint density at radius 2 is 1.80 bits per heavy atom. The number of carbonyl (C=O) groups excluding carboxylic acids is 1. The van der Waals surface area contributed by atoms with Crippen LogP contribution in [0.2, 0.25) is 0 Å². The van der Waals surface area contributed by atoms with Crippen LogP contribution in [0.15, 0.2) is 89.1 Å². The first-order valence-electron chi connectivity index (χ1n) is 13.1. The first kappa shape index (κ1) is 28.6. The second kappa shape index (κ2) is 12.4. The van der Waals surface area contributed by atoms with Crippen LogP contribution < -0.4 is 5.32 Å². The highest BCUT2D eigenvalue weighted by Crippen LogP contribution is 2.43. The lowest BCUT2D eigenvalue weighted by molar-refractivity contribution is -0.118. The Bertz CT molecular complexity index is 1010. The van der Waals surface area contributed by atoms with E-state index in [0.717, 1.165) is 12.0 Å². The molecule has 2 atom stereocenters. The van der Waals surface area contributed by atoms with E-state index in [9.17, 15) is 4.79 Å².